The summed E-state index contributed by atoms with van der Waals surface area (Å²) < 4.78 is 11.1. The fraction of sp³-hybridized carbons (Fsp3) is 0.125. The molecular weight excluding hydrogens is 408 g/mol. The average Bonchev–Trinajstić information content (AvgIpc) is 3.19. The maximum atomic E-state index is 12.3. The van der Waals surface area contributed by atoms with Gasteiger partial charge in [-0.1, -0.05) is 30.3 Å². The van der Waals surface area contributed by atoms with Crippen LogP contribution in [0.1, 0.15) is 15.9 Å². The smallest absolute Gasteiger partial charge is 0.414 e. The fourth-order valence-electron chi connectivity index (χ4n) is 3.28. The third-order valence-electron chi connectivity index (χ3n) is 4.93. The van der Waals surface area contributed by atoms with E-state index in [-0.39, 0.29) is 18.3 Å². The molecule has 1 fully saturated rings. The van der Waals surface area contributed by atoms with Crippen molar-refractivity contribution >= 4 is 29.2 Å². The Hall–Kier alpha value is -4.33. The number of rotatable bonds is 7. The van der Waals surface area contributed by atoms with Crippen molar-refractivity contribution in [2.45, 2.75) is 6.10 Å². The van der Waals surface area contributed by atoms with Crippen LogP contribution in [-0.2, 0) is 4.74 Å². The molecule has 1 atom stereocenters. The Balaban J connectivity index is 1.32. The number of amidine groups is 1. The van der Waals surface area contributed by atoms with Gasteiger partial charge in [0.2, 0.25) is 0 Å². The van der Waals surface area contributed by atoms with E-state index in [9.17, 15) is 9.59 Å². The Bertz CT molecular complexity index is 1130. The van der Waals surface area contributed by atoms with Gasteiger partial charge in [0.05, 0.1) is 6.54 Å². The van der Waals surface area contributed by atoms with Crippen molar-refractivity contribution < 1.29 is 19.1 Å². The molecule has 1 unspecified atom stereocenters. The molecule has 3 aromatic rings. The minimum absolute atomic E-state index is 0.0693. The van der Waals surface area contributed by atoms with E-state index in [1.54, 1.807) is 48.5 Å². The lowest BCUT2D eigenvalue weighted by atomic mass is 10.1. The van der Waals surface area contributed by atoms with E-state index in [0.717, 1.165) is 5.69 Å². The number of nitrogens with zero attached hydrogens (tertiary/aromatic N) is 1. The number of nitrogens with one attached hydrogen (secondary N) is 2. The predicted molar refractivity (Wildman–Crippen MR) is 121 cm³/mol. The molecule has 1 saturated heterocycles. The van der Waals surface area contributed by atoms with Gasteiger partial charge in [0.15, 0.2) is 6.10 Å². The Labute approximate surface area is 185 Å². The van der Waals surface area contributed by atoms with E-state index >= 15 is 0 Å². The molecule has 4 N–H and O–H groups in total. The highest BCUT2D eigenvalue weighted by Gasteiger charge is 2.33. The minimum atomic E-state index is -0.479. The summed E-state index contributed by atoms with van der Waals surface area (Å²) in [6.07, 6.45) is -0.934. The number of nitrogen functional groups attached to an aromatic ring is 1. The molecule has 3 aromatic carbocycles. The molecule has 0 aromatic heterocycles. The quantitative estimate of drug-likeness (QED) is 0.391. The third-order valence-corrected chi connectivity index (χ3v) is 4.93. The summed E-state index contributed by atoms with van der Waals surface area (Å²) in [6, 6.07) is 22.8. The van der Waals surface area contributed by atoms with Gasteiger partial charge in [0.1, 0.15) is 18.2 Å². The van der Waals surface area contributed by atoms with Crippen LogP contribution in [-0.4, -0.2) is 37.1 Å². The molecule has 0 bridgehead atoms. The average molecular weight is 430 g/mol. The number of hydrogen-bond donors (Lipinski definition) is 3. The first-order chi connectivity index (χ1) is 15.5. The molecular formula is C24H22N4O4. The highest BCUT2D eigenvalue weighted by molar-refractivity contribution is 6.04. The molecule has 8 heteroatoms. The first-order valence-corrected chi connectivity index (χ1v) is 10.0. The van der Waals surface area contributed by atoms with Crippen LogP contribution < -0.4 is 20.7 Å². The Kier molecular flexibility index (Phi) is 6.03. The molecule has 2 amide bonds. The Morgan fingerprint density at radius 2 is 1.81 bits per heavy atom. The Morgan fingerprint density at radius 1 is 1.06 bits per heavy atom. The van der Waals surface area contributed by atoms with Crippen LogP contribution in [0.3, 0.4) is 0 Å². The van der Waals surface area contributed by atoms with Crippen LogP contribution in [0.5, 0.6) is 5.75 Å². The van der Waals surface area contributed by atoms with Gasteiger partial charge in [-0.2, -0.15) is 0 Å². The molecule has 0 spiro atoms. The maximum absolute atomic E-state index is 12.3. The number of para-hydroxylation sites is 1. The third kappa shape index (κ3) is 4.86. The SMILES string of the molecule is N=C(N)c1cccc(N2CC(COc3ccc(C(=O)Nc4ccccc4)cc3)OC2=O)c1. The number of benzene rings is 3. The maximum Gasteiger partial charge on any atom is 0.414 e. The summed E-state index contributed by atoms with van der Waals surface area (Å²) in [5, 5.41) is 10.4. The second kappa shape index (κ2) is 9.22. The summed E-state index contributed by atoms with van der Waals surface area (Å²) in [5.41, 5.74) is 7.90. The zero-order valence-corrected chi connectivity index (χ0v) is 17.2. The summed E-state index contributed by atoms with van der Waals surface area (Å²) >= 11 is 0. The normalized spacial score (nSPS) is 15.2. The number of anilines is 2. The lowest BCUT2D eigenvalue weighted by molar-refractivity contribution is 0.102. The minimum Gasteiger partial charge on any atom is -0.490 e. The molecule has 1 aliphatic heterocycles. The number of ether oxygens (including phenoxy) is 2. The number of amides is 2. The largest absolute Gasteiger partial charge is 0.490 e. The molecule has 162 valence electrons. The van der Waals surface area contributed by atoms with Gasteiger partial charge in [-0.25, -0.2) is 4.79 Å². The summed E-state index contributed by atoms with van der Waals surface area (Å²) in [4.78, 5) is 26.1. The van der Waals surface area contributed by atoms with Crippen molar-refractivity contribution in [2.24, 2.45) is 5.73 Å². The van der Waals surface area contributed by atoms with Crippen LogP contribution in [0.25, 0.3) is 0 Å². The highest BCUT2D eigenvalue weighted by Crippen LogP contribution is 2.23. The van der Waals surface area contributed by atoms with E-state index in [2.05, 4.69) is 5.32 Å². The molecule has 0 radical (unpaired) electrons. The van der Waals surface area contributed by atoms with Crippen LogP contribution in [0.2, 0.25) is 0 Å². The summed E-state index contributed by atoms with van der Waals surface area (Å²) in [6.45, 7) is 0.488. The topological polar surface area (TPSA) is 118 Å². The molecule has 8 nitrogen and oxygen atoms in total. The number of nitrogens with two attached hydrogens (primary N) is 1. The number of carbonyl (C=O) groups excluding carboxylic acids is 2. The van der Waals surface area contributed by atoms with Gasteiger partial charge in [0, 0.05) is 22.5 Å². The number of cyclic esters (lactones) is 1. The molecule has 0 saturated carbocycles. The summed E-state index contributed by atoms with van der Waals surface area (Å²) in [5.74, 6) is 0.283. The predicted octanol–water partition coefficient (Wildman–Crippen LogP) is 3.63. The van der Waals surface area contributed by atoms with Gasteiger partial charge < -0.3 is 20.5 Å². The van der Waals surface area contributed by atoms with Gasteiger partial charge >= 0.3 is 6.09 Å². The number of carbonyl (C=O) groups is 2. The van der Waals surface area contributed by atoms with E-state index < -0.39 is 12.2 Å². The lowest BCUT2D eigenvalue weighted by Gasteiger charge is -2.14. The highest BCUT2D eigenvalue weighted by atomic mass is 16.6. The molecule has 1 aliphatic rings. The van der Waals surface area contributed by atoms with Crippen LogP contribution in [0.4, 0.5) is 16.2 Å². The zero-order valence-electron chi connectivity index (χ0n) is 17.2. The molecule has 32 heavy (non-hydrogen) atoms. The molecule has 0 aliphatic carbocycles. The second-order valence-corrected chi connectivity index (χ2v) is 7.24. The van der Waals surface area contributed by atoms with Crippen molar-refractivity contribution in [1.82, 2.24) is 0 Å². The van der Waals surface area contributed by atoms with Gasteiger partial charge in [-0.3, -0.25) is 15.1 Å². The van der Waals surface area contributed by atoms with Gasteiger partial charge in [-0.15, -0.1) is 0 Å². The van der Waals surface area contributed by atoms with Crippen molar-refractivity contribution in [3.8, 4) is 5.75 Å². The fourth-order valence-corrected chi connectivity index (χ4v) is 3.28. The monoisotopic (exact) mass is 430 g/mol. The van der Waals surface area contributed by atoms with E-state index in [0.29, 0.717) is 29.1 Å². The van der Waals surface area contributed by atoms with Crippen LogP contribution in [0.15, 0.2) is 78.9 Å². The second-order valence-electron chi connectivity index (χ2n) is 7.24. The first kappa shape index (κ1) is 20.9. The standard InChI is InChI=1S/C24H22N4O4/c25-22(26)17-5-4-8-19(13-17)28-14-21(32-24(28)30)15-31-20-11-9-16(10-12-20)23(29)27-18-6-2-1-3-7-18/h1-13,21H,14-15H2,(H3,25,26)(H,27,29). The molecule has 1 heterocycles. The van der Waals surface area contributed by atoms with Crippen LogP contribution in [0, 0.1) is 5.41 Å². The van der Waals surface area contributed by atoms with Gasteiger partial charge in [0.25, 0.3) is 5.91 Å². The Morgan fingerprint density at radius 3 is 2.53 bits per heavy atom. The lowest BCUT2D eigenvalue weighted by Crippen LogP contribution is -2.27. The zero-order chi connectivity index (χ0) is 22.5. The van der Waals surface area contributed by atoms with E-state index in [4.69, 9.17) is 20.6 Å². The molecule has 4 rings (SSSR count). The number of hydrogen-bond acceptors (Lipinski definition) is 5. The van der Waals surface area contributed by atoms with Crippen molar-refractivity contribution in [2.75, 3.05) is 23.4 Å². The first-order valence-electron chi connectivity index (χ1n) is 10.0. The van der Waals surface area contributed by atoms with Crippen molar-refractivity contribution in [1.29, 1.82) is 5.41 Å². The van der Waals surface area contributed by atoms with Gasteiger partial charge in [-0.05, 0) is 48.5 Å². The van der Waals surface area contributed by atoms with E-state index in [1.807, 2.05) is 30.3 Å². The van der Waals surface area contributed by atoms with E-state index in [1.165, 1.54) is 4.90 Å². The van der Waals surface area contributed by atoms with Crippen LogP contribution >= 0.6 is 0 Å². The van der Waals surface area contributed by atoms with Crippen molar-refractivity contribution in [3.05, 3.63) is 90.0 Å². The van der Waals surface area contributed by atoms with Crippen molar-refractivity contribution in [3.63, 3.8) is 0 Å². The summed E-state index contributed by atoms with van der Waals surface area (Å²) in [7, 11) is 0.